The van der Waals surface area contributed by atoms with Gasteiger partial charge in [-0.05, 0) is 32.9 Å². The van der Waals surface area contributed by atoms with Gasteiger partial charge in [0.25, 0.3) is 0 Å². The van der Waals surface area contributed by atoms with Crippen LogP contribution in [0.25, 0.3) is 0 Å². The lowest BCUT2D eigenvalue weighted by atomic mass is 10.1. The summed E-state index contributed by atoms with van der Waals surface area (Å²) in [6.07, 6.45) is 3.83. The monoisotopic (exact) mass is 222 g/mol. The van der Waals surface area contributed by atoms with Crippen LogP contribution in [0.15, 0.2) is 0 Å². The van der Waals surface area contributed by atoms with Gasteiger partial charge in [-0.1, -0.05) is 0 Å². The van der Waals surface area contributed by atoms with Gasteiger partial charge in [-0.25, -0.2) is 0 Å². The molecule has 1 fully saturated rings. The summed E-state index contributed by atoms with van der Waals surface area (Å²) < 4.78 is 2.13. The number of hydrogen-bond acceptors (Lipinski definition) is 4. The molecule has 0 bridgehead atoms. The van der Waals surface area contributed by atoms with Gasteiger partial charge in [-0.3, -0.25) is 4.90 Å². The molecule has 2 atom stereocenters. The topological polar surface area (TPSA) is 54.2 Å². The Labute approximate surface area is 95.1 Å². The maximum Gasteiger partial charge on any atom is 0.150 e. The van der Waals surface area contributed by atoms with Crippen LogP contribution in [0.4, 0.5) is 0 Å². The van der Waals surface area contributed by atoms with E-state index < -0.39 is 0 Å². The summed E-state index contributed by atoms with van der Waals surface area (Å²) in [6.45, 7) is 1.80. The summed E-state index contributed by atoms with van der Waals surface area (Å²) >= 11 is 0. The Morgan fingerprint density at radius 1 is 1.31 bits per heavy atom. The second-order valence-electron chi connectivity index (χ2n) is 4.92. The Morgan fingerprint density at radius 2 is 2.19 bits per heavy atom. The van der Waals surface area contributed by atoms with Crippen LogP contribution >= 0.6 is 0 Å². The first-order chi connectivity index (χ1) is 7.75. The molecular formula is C11H18N4O. The van der Waals surface area contributed by atoms with E-state index in [1.54, 1.807) is 0 Å². The van der Waals surface area contributed by atoms with Crippen molar-refractivity contribution < 1.29 is 5.11 Å². The molecule has 0 saturated carbocycles. The lowest BCUT2D eigenvalue weighted by Gasteiger charge is -2.24. The summed E-state index contributed by atoms with van der Waals surface area (Å²) in [5, 5.41) is 18.3. The number of rotatable bonds is 1. The Morgan fingerprint density at radius 3 is 2.94 bits per heavy atom. The molecule has 1 aromatic heterocycles. The molecule has 16 heavy (non-hydrogen) atoms. The maximum atomic E-state index is 9.72. The Balaban J connectivity index is 1.93. The molecule has 2 unspecified atom stereocenters. The zero-order valence-corrected chi connectivity index (χ0v) is 9.63. The van der Waals surface area contributed by atoms with Crippen LogP contribution in [0.1, 0.15) is 37.0 Å². The summed E-state index contributed by atoms with van der Waals surface area (Å²) in [4.78, 5) is 2.33. The van der Waals surface area contributed by atoms with E-state index in [0.717, 1.165) is 37.5 Å². The molecule has 0 amide bonds. The first-order valence-electron chi connectivity index (χ1n) is 6.06. The van der Waals surface area contributed by atoms with Crippen molar-refractivity contribution in [3.8, 4) is 0 Å². The van der Waals surface area contributed by atoms with Gasteiger partial charge in [0.05, 0.1) is 18.7 Å². The molecule has 0 aliphatic carbocycles. The standard InChI is InChI=1S/C11H18N4O/c1-14-6-2-3-9(14)11-13-12-10-5-4-8(16)7-15(10)11/h8-9,16H,2-7H2,1H3. The fourth-order valence-corrected chi connectivity index (χ4v) is 2.81. The van der Waals surface area contributed by atoms with Crippen molar-refractivity contribution in [2.75, 3.05) is 13.6 Å². The normalized spacial score (nSPS) is 30.6. The third-order valence-corrected chi connectivity index (χ3v) is 3.77. The van der Waals surface area contributed by atoms with Crippen LogP contribution in [-0.2, 0) is 13.0 Å². The van der Waals surface area contributed by atoms with Gasteiger partial charge in [0, 0.05) is 6.42 Å². The highest BCUT2D eigenvalue weighted by Gasteiger charge is 2.30. The minimum atomic E-state index is -0.228. The third kappa shape index (κ3) is 1.55. The van der Waals surface area contributed by atoms with Crippen molar-refractivity contribution in [1.29, 1.82) is 0 Å². The quantitative estimate of drug-likeness (QED) is 0.745. The second-order valence-corrected chi connectivity index (χ2v) is 4.92. The SMILES string of the molecule is CN1CCCC1c1nnc2n1CC(O)CC2. The molecule has 5 nitrogen and oxygen atoms in total. The van der Waals surface area contributed by atoms with Gasteiger partial charge < -0.3 is 9.67 Å². The smallest absolute Gasteiger partial charge is 0.150 e. The molecular weight excluding hydrogens is 204 g/mol. The number of likely N-dealkylation sites (tertiary alicyclic amines) is 1. The van der Waals surface area contributed by atoms with Gasteiger partial charge in [0.15, 0.2) is 5.82 Å². The van der Waals surface area contributed by atoms with Gasteiger partial charge in [-0.15, -0.1) is 10.2 Å². The van der Waals surface area contributed by atoms with Crippen LogP contribution in [0.5, 0.6) is 0 Å². The molecule has 3 rings (SSSR count). The van der Waals surface area contributed by atoms with Crippen molar-refractivity contribution in [2.24, 2.45) is 0 Å². The van der Waals surface area contributed by atoms with E-state index in [1.807, 2.05) is 0 Å². The first kappa shape index (κ1) is 10.2. The zero-order chi connectivity index (χ0) is 11.1. The van der Waals surface area contributed by atoms with Crippen molar-refractivity contribution in [3.63, 3.8) is 0 Å². The molecule has 1 saturated heterocycles. The van der Waals surface area contributed by atoms with Gasteiger partial charge in [-0.2, -0.15) is 0 Å². The summed E-state index contributed by atoms with van der Waals surface area (Å²) in [6, 6.07) is 0.395. The van der Waals surface area contributed by atoms with Crippen LogP contribution in [0, 0.1) is 0 Å². The average molecular weight is 222 g/mol. The van der Waals surface area contributed by atoms with E-state index in [1.165, 1.54) is 6.42 Å². The highest BCUT2D eigenvalue weighted by molar-refractivity contribution is 5.06. The molecule has 88 valence electrons. The van der Waals surface area contributed by atoms with Gasteiger partial charge in [0.2, 0.25) is 0 Å². The number of hydrogen-bond donors (Lipinski definition) is 1. The van der Waals surface area contributed by atoms with Crippen molar-refractivity contribution >= 4 is 0 Å². The highest BCUT2D eigenvalue weighted by atomic mass is 16.3. The summed E-state index contributed by atoms with van der Waals surface area (Å²) in [5.74, 6) is 2.09. The third-order valence-electron chi connectivity index (χ3n) is 3.77. The summed E-state index contributed by atoms with van der Waals surface area (Å²) in [5.41, 5.74) is 0. The molecule has 5 heteroatoms. The Kier molecular flexibility index (Phi) is 2.44. The van der Waals surface area contributed by atoms with E-state index in [2.05, 4.69) is 26.7 Å². The molecule has 1 N–H and O–H groups in total. The summed E-state index contributed by atoms with van der Waals surface area (Å²) in [7, 11) is 2.14. The van der Waals surface area contributed by atoms with E-state index >= 15 is 0 Å². The predicted molar refractivity (Wildman–Crippen MR) is 59.0 cm³/mol. The van der Waals surface area contributed by atoms with Crippen LogP contribution in [-0.4, -0.2) is 44.5 Å². The molecule has 2 aliphatic rings. The number of aryl methyl sites for hydroxylation is 1. The minimum Gasteiger partial charge on any atom is -0.391 e. The fourth-order valence-electron chi connectivity index (χ4n) is 2.81. The number of fused-ring (bicyclic) bond motifs is 1. The van der Waals surface area contributed by atoms with Crippen LogP contribution < -0.4 is 0 Å². The number of nitrogens with zero attached hydrogens (tertiary/aromatic N) is 4. The minimum absolute atomic E-state index is 0.228. The Hall–Kier alpha value is -0.940. The molecule has 0 radical (unpaired) electrons. The molecule has 1 aromatic rings. The van der Waals surface area contributed by atoms with Crippen molar-refractivity contribution in [2.45, 2.75) is 44.4 Å². The molecule has 0 spiro atoms. The van der Waals surface area contributed by atoms with Crippen molar-refractivity contribution in [3.05, 3.63) is 11.6 Å². The second kappa shape index (κ2) is 3.82. The molecule has 3 heterocycles. The highest BCUT2D eigenvalue weighted by Crippen LogP contribution is 2.30. The van der Waals surface area contributed by atoms with Crippen molar-refractivity contribution in [1.82, 2.24) is 19.7 Å². The fraction of sp³-hybridized carbons (Fsp3) is 0.818. The number of aliphatic hydroxyl groups is 1. The lowest BCUT2D eigenvalue weighted by Crippen LogP contribution is -2.28. The Bertz CT molecular complexity index is 389. The van der Waals surface area contributed by atoms with Crippen LogP contribution in [0.3, 0.4) is 0 Å². The van der Waals surface area contributed by atoms with Gasteiger partial charge >= 0.3 is 0 Å². The number of aliphatic hydroxyl groups excluding tert-OH is 1. The van der Waals surface area contributed by atoms with E-state index in [0.29, 0.717) is 12.6 Å². The zero-order valence-electron chi connectivity index (χ0n) is 9.63. The maximum absolute atomic E-state index is 9.72. The predicted octanol–water partition coefficient (Wildman–Crippen LogP) is 0.352. The van der Waals surface area contributed by atoms with Gasteiger partial charge in [0.1, 0.15) is 5.82 Å². The first-order valence-corrected chi connectivity index (χ1v) is 6.06. The average Bonchev–Trinajstić information content (AvgIpc) is 2.83. The van der Waals surface area contributed by atoms with E-state index in [4.69, 9.17) is 0 Å². The van der Waals surface area contributed by atoms with E-state index in [-0.39, 0.29) is 6.10 Å². The lowest BCUT2D eigenvalue weighted by molar-refractivity contribution is 0.126. The van der Waals surface area contributed by atoms with E-state index in [9.17, 15) is 5.11 Å². The largest absolute Gasteiger partial charge is 0.391 e. The molecule has 0 aromatic carbocycles. The van der Waals surface area contributed by atoms with Crippen LogP contribution in [0.2, 0.25) is 0 Å². The number of aromatic nitrogens is 3. The molecule has 2 aliphatic heterocycles.